The number of hydrogen-bond donors (Lipinski definition) is 1. The Labute approximate surface area is 103 Å². The number of hydrogen-bond acceptors (Lipinski definition) is 4. The van der Waals surface area contributed by atoms with Crippen molar-refractivity contribution < 1.29 is 13.2 Å². The lowest BCUT2D eigenvalue weighted by Crippen LogP contribution is -2.42. The van der Waals surface area contributed by atoms with Gasteiger partial charge in [-0.15, -0.1) is 0 Å². The second kappa shape index (κ2) is 5.09. The first kappa shape index (κ1) is 13.1. The molecule has 1 aliphatic rings. The van der Waals surface area contributed by atoms with Gasteiger partial charge in [0, 0.05) is 32.0 Å². The Morgan fingerprint density at radius 2 is 2.06 bits per heavy atom. The van der Waals surface area contributed by atoms with Crippen molar-refractivity contribution in [1.82, 2.24) is 9.97 Å². The third kappa shape index (κ3) is 2.72. The smallest absolute Gasteiger partial charge is 0.354 e. The Hall–Kier alpha value is -1.37. The van der Waals surface area contributed by atoms with E-state index in [0.29, 0.717) is 24.5 Å². The fraction of sp³-hybridized carbons (Fsp3) is 0.636. The van der Waals surface area contributed by atoms with Gasteiger partial charge in [-0.2, -0.15) is 13.2 Å². The van der Waals surface area contributed by atoms with E-state index >= 15 is 0 Å². The predicted octanol–water partition coefficient (Wildman–Crippen LogP) is 1.71. The van der Waals surface area contributed by atoms with Gasteiger partial charge in [0.25, 0.3) is 0 Å². The van der Waals surface area contributed by atoms with Crippen LogP contribution in [0.4, 0.5) is 19.0 Å². The maximum Gasteiger partial charge on any atom is 0.393 e. The first-order chi connectivity index (χ1) is 8.52. The van der Waals surface area contributed by atoms with Crippen LogP contribution in [-0.4, -0.2) is 29.2 Å². The van der Waals surface area contributed by atoms with Gasteiger partial charge in [0.15, 0.2) is 5.82 Å². The molecule has 0 radical (unpaired) electrons. The van der Waals surface area contributed by atoms with E-state index in [4.69, 9.17) is 5.73 Å². The Morgan fingerprint density at radius 1 is 1.33 bits per heavy atom. The van der Waals surface area contributed by atoms with Crippen LogP contribution in [0.1, 0.15) is 18.5 Å². The largest absolute Gasteiger partial charge is 0.393 e. The van der Waals surface area contributed by atoms with Crippen LogP contribution in [0.2, 0.25) is 0 Å². The van der Waals surface area contributed by atoms with Gasteiger partial charge in [-0.05, 0) is 12.8 Å². The zero-order chi connectivity index (χ0) is 13.2. The van der Waals surface area contributed by atoms with E-state index in [-0.39, 0.29) is 19.5 Å². The fourth-order valence-electron chi connectivity index (χ4n) is 2.20. The molecule has 0 saturated carbocycles. The minimum atomic E-state index is -4.15. The lowest BCUT2D eigenvalue weighted by Gasteiger charge is -2.35. The summed E-state index contributed by atoms with van der Waals surface area (Å²) in [5.74, 6) is -0.812. The molecule has 0 aromatic carbocycles. The van der Waals surface area contributed by atoms with Crippen LogP contribution in [0.25, 0.3) is 0 Å². The maximum atomic E-state index is 12.7. The summed E-state index contributed by atoms with van der Waals surface area (Å²) in [5, 5.41) is 0. The van der Waals surface area contributed by atoms with Crippen LogP contribution >= 0.6 is 0 Å². The Morgan fingerprint density at radius 3 is 2.72 bits per heavy atom. The first-order valence-electron chi connectivity index (χ1n) is 5.84. The molecule has 0 bridgehead atoms. The predicted molar refractivity (Wildman–Crippen MR) is 60.9 cm³/mol. The summed E-state index contributed by atoms with van der Waals surface area (Å²) in [7, 11) is 0. The van der Waals surface area contributed by atoms with Gasteiger partial charge in [0.1, 0.15) is 0 Å². The summed E-state index contributed by atoms with van der Waals surface area (Å²) in [6.07, 6.45) is -0.491. The molecule has 2 heterocycles. The number of nitrogens with two attached hydrogens (primary N) is 1. The normalized spacial score (nSPS) is 21.1. The molecule has 1 aromatic rings. The van der Waals surface area contributed by atoms with Gasteiger partial charge >= 0.3 is 6.18 Å². The summed E-state index contributed by atoms with van der Waals surface area (Å²) in [5.41, 5.74) is 6.07. The number of nitrogens with zero attached hydrogens (tertiary/aromatic N) is 3. The van der Waals surface area contributed by atoms with E-state index in [0.717, 1.165) is 0 Å². The average Bonchev–Trinajstić information content (AvgIpc) is 2.38. The van der Waals surface area contributed by atoms with Crippen molar-refractivity contribution >= 4 is 5.82 Å². The van der Waals surface area contributed by atoms with E-state index in [1.54, 1.807) is 4.90 Å². The number of anilines is 1. The van der Waals surface area contributed by atoms with Gasteiger partial charge < -0.3 is 10.6 Å². The van der Waals surface area contributed by atoms with Crippen molar-refractivity contribution in [3.05, 3.63) is 18.1 Å². The van der Waals surface area contributed by atoms with Gasteiger partial charge in [0.2, 0.25) is 0 Å². The SMILES string of the molecule is NCc1nccnc1N1CCCC(C(F)(F)F)C1. The lowest BCUT2D eigenvalue weighted by molar-refractivity contribution is -0.176. The van der Waals surface area contributed by atoms with Crippen molar-refractivity contribution in [3.8, 4) is 0 Å². The van der Waals surface area contributed by atoms with E-state index in [9.17, 15) is 13.2 Å². The standard InChI is InChI=1S/C11H15F3N4/c12-11(13,14)8-2-1-5-18(7-8)10-9(6-15)16-3-4-17-10/h3-4,8H,1-2,5-7,15H2. The van der Waals surface area contributed by atoms with Crippen molar-refractivity contribution in [2.75, 3.05) is 18.0 Å². The molecule has 7 heteroatoms. The molecular formula is C11H15F3N4. The van der Waals surface area contributed by atoms with Crippen LogP contribution in [0.15, 0.2) is 12.4 Å². The third-order valence-corrected chi connectivity index (χ3v) is 3.13. The third-order valence-electron chi connectivity index (χ3n) is 3.13. The fourth-order valence-corrected chi connectivity index (χ4v) is 2.20. The second-order valence-electron chi connectivity index (χ2n) is 4.36. The van der Waals surface area contributed by atoms with Crippen molar-refractivity contribution in [1.29, 1.82) is 0 Å². The van der Waals surface area contributed by atoms with Gasteiger partial charge in [-0.25, -0.2) is 4.98 Å². The van der Waals surface area contributed by atoms with E-state index in [2.05, 4.69) is 9.97 Å². The van der Waals surface area contributed by atoms with Crippen LogP contribution in [-0.2, 0) is 6.54 Å². The molecule has 1 unspecified atom stereocenters. The van der Waals surface area contributed by atoms with E-state index in [1.807, 2.05) is 0 Å². The van der Waals surface area contributed by atoms with Crippen molar-refractivity contribution in [3.63, 3.8) is 0 Å². The maximum absolute atomic E-state index is 12.7. The second-order valence-corrected chi connectivity index (χ2v) is 4.36. The number of rotatable bonds is 2. The first-order valence-corrected chi connectivity index (χ1v) is 5.84. The van der Waals surface area contributed by atoms with Crippen molar-refractivity contribution in [2.24, 2.45) is 11.7 Å². The van der Waals surface area contributed by atoms with Gasteiger partial charge in [-0.1, -0.05) is 0 Å². The van der Waals surface area contributed by atoms with Gasteiger partial charge in [-0.3, -0.25) is 4.98 Å². The summed E-state index contributed by atoms with van der Waals surface area (Å²) >= 11 is 0. The summed E-state index contributed by atoms with van der Waals surface area (Å²) in [6, 6.07) is 0. The topological polar surface area (TPSA) is 55.0 Å². The molecule has 1 fully saturated rings. The summed E-state index contributed by atoms with van der Waals surface area (Å²) in [4.78, 5) is 9.79. The molecule has 1 atom stereocenters. The Kier molecular flexibility index (Phi) is 3.70. The highest BCUT2D eigenvalue weighted by Gasteiger charge is 2.42. The molecule has 1 saturated heterocycles. The monoisotopic (exact) mass is 260 g/mol. The van der Waals surface area contributed by atoms with E-state index in [1.165, 1.54) is 12.4 Å². The molecule has 18 heavy (non-hydrogen) atoms. The highest BCUT2D eigenvalue weighted by molar-refractivity contribution is 5.43. The highest BCUT2D eigenvalue weighted by atomic mass is 19.4. The van der Waals surface area contributed by atoms with Crippen LogP contribution in [0.5, 0.6) is 0 Å². The zero-order valence-electron chi connectivity index (χ0n) is 9.82. The molecule has 2 rings (SSSR count). The molecule has 1 aliphatic heterocycles. The van der Waals surface area contributed by atoms with E-state index < -0.39 is 12.1 Å². The minimum Gasteiger partial charge on any atom is -0.354 e. The molecule has 2 N–H and O–H groups in total. The minimum absolute atomic E-state index is 0.0603. The number of piperidine rings is 1. The average molecular weight is 260 g/mol. The number of aromatic nitrogens is 2. The van der Waals surface area contributed by atoms with Crippen LogP contribution in [0.3, 0.4) is 0 Å². The molecule has 0 spiro atoms. The highest BCUT2D eigenvalue weighted by Crippen LogP contribution is 2.34. The van der Waals surface area contributed by atoms with Gasteiger partial charge in [0.05, 0.1) is 11.6 Å². The molecule has 1 aromatic heterocycles. The molecule has 4 nitrogen and oxygen atoms in total. The lowest BCUT2D eigenvalue weighted by atomic mass is 9.97. The van der Waals surface area contributed by atoms with Crippen LogP contribution in [0, 0.1) is 5.92 Å². The number of halogens is 3. The van der Waals surface area contributed by atoms with Crippen molar-refractivity contribution in [2.45, 2.75) is 25.6 Å². The quantitative estimate of drug-likeness (QED) is 0.879. The molecule has 0 aliphatic carbocycles. The Balaban J connectivity index is 2.18. The zero-order valence-corrected chi connectivity index (χ0v) is 9.82. The molecule has 100 valence electrons. The molecule has 0 amide bonds. The Bertz CT molecular complexity index is 408. The summed E-state index contributed by atoms with van der Waals surface area (Å²) < 4.78 is 38.2. The number of alkyl halides is 3. The summed E-state index contributed by atoms with van der Waals surface area (Å²) in [6.45, 7) is 0.684. The van der Waals surface area contributed by atoms with Crippen LogP contribution < -0.4 is 10.6 Å². The molecular weight excluding hydrogens is 245 g/mol.